The first-order chi connectivity index (χ1) is 7.15. The van der Waals surface area contributed by atoms with Crippen LogP contribution in [0, 0.1) is 0 Å². The summed E-state index contributed by atoms with van der Waals surface area (Å²) in [7, 11) is 0. The van der Waals surface area contributed by atoms with Gasteiger partial charge in [0, 0.05) is 25.4 Å². The van der Waals surface area contributed by atoms with Crippen LogP contribution in [0.4, 0.5) is 0 Å². The highest BCUT2D eigenvalue weighted by molar-refractivity contribution is 5.92. The normalized spacial score (nSPS) is 10.2. The molecule has 1 rings (SSSR count). The smallest absolute Gasteiger partial charge is 0.250 e. The van der Waals surface area contributed by atoms with Crippen LogP contribution in [0.3, 0.4) is 0 Å². The third-order valence-electron chi connectivity index (χ3n) is 1.95. The standard InChI is InChI=1S/C10H14N2O3/c1-2-15-6-5-12-7-8(10(11)14)3-4-9(12)13/h3-4,7H,2,5-6H2,1H3,(H2,11,14). The highest BCUT2D eigenvalue weighted by Crippen LogP contribution is 1.94. The van der Waals surface area contributed by atoms with Gasteiger partial charge in [-0.3, -0.25) is 9.59 Å². The molecule has 1 aromatic rings. The topological polar surface area (TPSA) is 74.3 Å². The van der Waals surface area contributed by atoms with Crippen LogP contribution in [0.1, 0.15) is 17.3 Å². The molecule has 1 amide bonds. The third kappa shape index (κ3) is 3.21. The highest BCUT2D eigenvalue weighted by Gasteiger charge is 2.02. The van der Waals surface area contributed by atoms with Crippen molar-refractivity contribution in [1.29, 1.82) is 0 Å². The number of rotatable bonds is 5. The number of carbonyl (C=O) groups is 1. The Morgan fingerprint density at radius 1 is 1.53 bits per heavy atom. The number of amides is 1. The van der Waals surface area contributed by atoms with E-state index in [1.807, 2.05) is 6.92 Å². The maximum atomic E-state index is 11.3. The summed E-state index contributed by atoms with van der Waals surface area (Å²) in [6, 6.07) is 2.74. The summed E-state index contributed by atoms with van der Waals surface area (Å²) in [6.45, 7) is 3.35. The van der Waals surface area contributed by atoms with E-state index < -0.39 is 5.91 Å². The molecule has 5 nitrogen and oxygen atoms in total. The van der Waals surface area contributed by atoms with Crippen LogP contribution >= 0.6 is 0 Å². The van der Waals surface area contributed by atoms with E-state index in [-0.39, 0.29) is 5.56 Å². The van der Waals surface area contributed by atoms with E-state index in [1.165, 1.54) is 22.9 Å². The fraction of sp³-hybridized carbons (Fsp3) is 0.400. The number of carbonyl (C=O) groups excluding carboxylic acids is 1. The molecule has 0 spiro atoms. The summed E-state index contributed by atoms with van der Waals surface area (Å²) in [5.74, 6) is -0.542. The first kappa shape index (κ1) is 11.5. The minimum atomic E-state index is -0.542. The van der Waals surface area contributed by atoms with E-state index in [4.69, 9.17) is 10.5 Å². The van der Waals surface area contributed by atoms with Gasteiger partial charge in [-0.1, -0.05) is 0 Å². The maximum Gasteiger partial charge on any atom is 0.250 e. The van der Waals surface area contributed by atoms with Gasteiger partial charge in [0.25, 0.3) is 5.56 Å². The van der Waals surface area contributed by atoms with Gasteiger partial charge >= 0.3 is 0 Å². The molecule has 0 radical (unpaired) electrons. The summed E-state index contributed by atoms with van der Waals surface area (Å²) < 4.78 is 6.53. The molecule has 0 fully saturated rings. The summed E-state index contributed by atoms with van der Waals surface area (Å²) in [6.07, 6.45) is 1.45. The molecule has 0 aromatic carbocycles. The van der Waals surface area contributed by atoms with E-state index in [9.17, 15) is 9.59 Å². The Morgan fingerprint density at radius 2 is 2.27 bits per heavy atom. The lowest BCUT2D eigenvalue weighted by Crippen LogP contribution is -2.24. The van der Waals surface area contributed by atoms with Crippen molar-refractivity contribution in [1.82, 2.24) is 4.57 Å². The van der Waals surface area contributed by atoms with Gasteiger partial charge in [0.1, 0.15) is 0 Å². The van der Waals surface area contributed by atoms with Crippen molar-refractivity contribution < 1.29 is 9.53 Å². The number of nitrogens with zero attached hydrogens (tertiary/aromatic N) is 1. The monoisotopic (exact) mass is 210 g/mol. The molecule has 5 heteroatoms. The molecule has 1 heterocycles. The highest BCUT2D eigenvalue weighted by atomic mass is 16.5. The Balaban J connectivity index is 2.81. The Labute approximate surface area is 87.5 Å². The zero-order chi connectivity index (χ0) is 11.3. The zero-order valence-corrected chi connectivity index (χ0v) is 8.60. The van der Waals surface area contributed by atoms with Gasteiger partial charge in [0.05, 0.1) is 12.2 Å². The van der Waals surface area contributed by atoms with Crippen molar-refractivity contribution in [3.05, 3.63) is 34.2 Å². The second kappa shape index (κ2) is 5.31. The van der Waals surface area contributed by atoms with Crippen molar-refractivity contribution in [2.24, 2.45) is 5.73 Å². The van der Waals surface area contributed by atoms with E-state index in [2.05, 4.69) is 0 Å². The van der Waals surface area contributed by atoms with E-state index in [0.717, 1.165) is 0 Å². The predicted molar refractivity (Wildman–Crippen MR) is 55.7 cm³/mol. The molecule has 0 aliphatic heterocycles. The van der Waals surface area contributed by atoms with Crippen molar-refractivity contribution in [2.45, 2.75) is 13.5 Å². The second-order valence-corrected chi connectivity index (χ2v) is 3.01. The van der Waals surface area contributed by atoms with Crippen molar-refractivity contribution in [2.75, 3.05) is 13.2 Å². The zero-order valence-electron chi connectivity index (χ0n) is 8.60. The summed E-state index contributed by atoms with van der Waals surface area (Å²) in [5.41, 5.74) is 5.26. The molecule has 0 aliphatic rings. The molecule has 0 saturated carbocycles. The molecule has 82 valence electrons. The van der Waals surface area contributed by atoms with E-state index >= 15 is 0 Å². The molecule has 1 aromatic heterocycles. The molecule has 0 atom stereocenters. The van der Waals surface area contributed by atoms with Crippen molar-refractivity contribution in [3.63, 3.8) is 0 Å². The van der Waals surface area contributed by atoms with Gasteiger partial charge in [0.15, 0.2) is 0 Å². The van der Waals surface area contributed by atoms with Crippen LogP contribution in [-0.4, -0.2) is 23.7 Å². The quantitative estimate of drug-likeness (QED) is 0.694. The van der Waals surface area contributed by atoms with Gasteiger partial charge in [-0.15, -0.1) is 0 Å². The first-order valence-electron chi connectivity index (χ1n) is 4.73. The van der Waals surface area contributed by atoms with Gasteiger partial charge in [0.2, 0.25) is 5.91 Å². The molecule has 2 N–H and O–H groups in total. The summed E-state index contributed by atoms with van der Waals surface area (Å²) in [4.78, 5) is 22.2. The fourth-order valence-electron chi connectivity index (χ4n) is 1.16. The maximum absolute atomic E-state index is 11.3. The SMILES string of the molecule is CCOCCn1cc(C(N)=O)ccc1=O. The van der Waals surface area contributed by atoms with Gasteiger partial charge < -0.3 is 15.0 Å². The average molecular weight is 210 g/mol. The van der Waals surface area contributed by atoms with E-state index in [0.29, 0.717) is 25.3 Å². The number of hydrogen-bond acceptors (Lipinski definition) is 3. The average Bonchev–Trinajstić information content (AvgIpc) is 2.20. The largest absolute Gasteiger partial charge is 0.380 e. The number of pyridine rings is 1. The fourth-order valence-corrected chi connectivity index (χ4v) is 1.16. The van der Waals surface area contributed by atoms with Crippen molar-refractivity contribution >= 4 is 5.91 Å². The Morgan fingerprint density at radius 3 is 2.87 bits per heavy atom. The number of aromatic nitrogens is 1. The first-order valence-corrected chi connectivity index (χ1v) is 4.73. The molecule has 0 aliphatic carbocycles. The van der Waals surface area contributed by atoms with Crippen LogP contribution in [-0.2, 0) is 11.3 Å². The molecular weight excluding hydrogens is 196 g/mol. The lowest BCUT2D eigenvalue weighted by atomic mass is 10.3. The summed E-state index contributed by atoms with van der Waals surface area (Å²) >= 11 is 0. The number of nitrogens with two attached hydrogens (primary N) is 1. The minimum Gasteiger partial charge on any atom is -0.380 e. The Hall–Kier alpha value is -1.62. The number of hydrogen-bond donors (Lipinski definition) is 1. The van der Waals surface area contributed by atoms with Gasteiger partial charge in [-0.2, -0.15) is 0 Å². The second-order valence-electron chi connectivity index (χ2n) is 3.01. The molecular formula is C10H14N2O3. The van der Waals surface area contributed by atoms with Gasteiger partial charge in [-0.25, -0.2) is 0 Å². The number of ether oxygens (including phenoxy) is 1. The summed E-state index contributed by atoms with van der Waals surface area (Å²) in [5, 5.41) is 0. The van der Waals surface area contributed by atoms with Crippen LogP contribution in [0.5, 0.6) is 0 Å². The molecule has 0 saturated heterocycles. The predicted octanol–water partition coefficient (Wildman–Crippen LogP) is -0.0163. The van der Waals surface area contributed by atoms with E-state index in [1.54, 1.807) is 0 Å². The van der Waals surface area contributed by atoms with Crippen LogP contribution in [0.25, 0.3) is 0 Å². The number of primary amides is 1. The molecule has 0 bridgehead atoms. The van der Waals surface area contributed by atoms with Crippen molar-refractivity contribution in [3.8, 4) is 0 Å². The van der Waals surface area contributed by atoms with Crippen LogP contribution in [0.2, 0.25) is 0 Å². The Kier molecular flexibility index (Phi) is 4.05. The van der Waals surface area contributed by atoms with Crippen LogP contribution in [0.15, 0.2) is 23.1 Å². The molecule has 15 heavy (non-hydrogen) atoms. The third-order valence-corrected chi connectivity index (χ3v) is 1.95. The molecule has 0 unspecified atom stereocenters. The minimum absolute atomic E-state index is 0.167. The van der Waals surface area contributed by atoms with Gasteiger partial charge in [-0.05, 0) is 13.0 Å². The lowest BCUT2D eigenvalue weighted by molar-refractivity contribution is 0.0998. The lowest BCUT2D eigenvalue weighted by Gasteiger charge is -2.06. The Bertz CT molecular complexity index is 398. The van der Waals surface area contributed by atoms with Crippen LogP contribution < -0.4 is 11.3 Å².